The molecule has 0 spiro atoms. The summed E-state index contributed by atoms with van der Waals surface area (Å²) in [5.41, 5.74) is 2.63. The molecule has 3 rings (SSSR count). The van der Waals surface area contributed by atoms with Gasteiger partial charge in [0, 0.05) is 11.1 Å². The standard InChI is InChI=1S/C15H12N3P/c19-15-17-13(11-7-3-1-4-8-11)16-14(18-15)12-9-5-2-6-10-12/h1-10H,19H2. The first-order chi connectivity index (χ1) is 9.33. The van der Waals surface area contributed by atoms with Crippen LogP contribution in [0.1, 0.15) is 0 Å². The minimum atomic E-state index is 0.646. The molecule has 19 heavy (non-hydrogen) atoms. The van der Waals surface area contributed by atoms with Crippen LogP contribution in [-0.4, -0.2) is 15.0 Å². The number of rotatable bonds is 2. The fraction of sp³-hybridized carbons (Fsp3) is 0. The van der Waals surface area contributed by atoms with Gasteiger partial charge in [0.25, 0.3) is 0 Å². The predicted molar refractivity (Wildman–Crippen MR) is 80.0 cm³/mol. The van der Waals surface area contributed by atoms with Crippen molar-refractivity contribution < 1.29 is 0 Å². The van der Waals surface area contributed by atoms with Crippen molar-refractivity contribution >= 4 is 14.8 Å². The van der Waals surface area contributed by atoms with Gasteiger partial charge in [-0.3, -0.25) is 0 Å². The molecule has 1 unspecified atom stereocenters. The molecule has 0 aliphatic rings. The molecule has 0 saturated heterocycles. The number of hydrogen-bond acceptors (Lipinski definition) is 3. The molecule has 2 aromatic carbocycles. The van der Waals surface area contributed by atoms with E-state index in [1.54, 1.807) is 0 Å². The summed E-state index contributed by atoms with van der Waals surface area (Å²) in [6, 6.07) is 19.8. The normalized spacial score (nSPS) is 10.4. The Kier molecular flexibility index (Phi) is 3.30. The second-order valence-electron chi connectivity index (χ2n) is 4.07. The van der Waals surface area contributed by atoms with Crippen molar-refractivity contribution in [3.05, 3.63) is 60.7 Å². The van der Waals surface area contributed by atoms with E-state index in [1.807, 2.05) is 60.7 Å². The molecule has 1 aromatic heterocycles. The lowest BCUT2D eigenvalue weighted by Gasteiger charge is -2.05. The average molecular weight is 265 g/mol. The van der Waals surface area contributed by atoms with Crippen LogP contribution >= 0.6 is 9.24 Å². The molecule has 0 N–H and O–H groups in total. The Morgan fingerprint density at radius 3 is 1.42 bits per heavy atom. The van der Waals surface area contributed by atoms with Gasteiger partial charge >= 0.3 is 0 Å². The Morgan fingerprint density at radius 1 is 0.579 bits per heavy atom. The molecule has 0 aliphatic carbocycles. The molecule has 92 valence electrons. The van der Waals surface area contributed by atoms with Crippen LogP contribution in [-0.2, 0) is 0 Å². The Hall–Kier alpha value is -2.12. The van der Waals surface area contributed by atoms with Crippen LogP contribution in [0.2, 0.25) is 0 Å². The van der Waals surface area contributed by atoms with E-state index in [0.717, 1.165) is 11.1 Å². The van der Waals surface area contributed by atoms with Crippen molar-refractivity contribution in [2.75, 3.05) is 0 Å². The largest absolute Gasteiger partial charge is 0.209 e. The number of benzene rings is 2. The summed E-state index contributed by atoms with van der Waals surface area (Å²) in [7, 11) is 2.54. The molecule has 1 heterocycles. The van der Waals surface area contributed by atoms with E-state index in [9.17, 15) is 0 Å². The molecule has 1 atom stereocenters. The molecule has 3 nitrogen and oxygen atoms in total. The number of aromatic nitrogens is 3. The Labute approximate surface area is 114 Å². The Morgan fingerprint density at radius 2 is 1.00 bits per heavy atom. The highest BCUT2D eigenvalue weighted by Gasteiger charge is 2.07. The van der Waals surface area contributed by atoms with E-state index in [1.165, 1.54) is 0 Å². The first-order valence-corrected chi connectivity index (χ1v) is 6.53. The molecular formula is C15H12N3P. The molecule has 0 fully saturated rings. The lowest BCUT2D eigenvalue weighted by atomic mass is 10.2. The van der Waals surface area contributed by atoms with Crippen LogP contribution in [0.5, 0.6) is 0 Å². The Bertz CT molecular complexity index is 627. The van der Waals surface area contributed by atoms with E-state index >= 15 is 0 Å². The topological polar surface area (TPSA) is 38.7 Å². The summed E-state index contributed by atoms with van der Waals surface area (Å²) in [5.74, 6) is 1.39. The molecule has 3 aromatic rings. The summed E-state index contributed by atoms with van der Waals surface area (Å²) in [6.07, 6.45) is 0. The molecule has 0 aliphatic heterocycles. The van der Waals surface area contributed by atoms with Gasteiger partial charge in [-0.2, -0.15) is 0 Å². The second-order valence-corrected chi connectivity index (χ2v) is 4.59. The third-order valence-electron chi connectivity index (χ3n) is 2.72. The molecule has 0 amide bonds. The minimum absolute atomic E-state index is 0.646. The van der Waals surface area contributed by atoms with Crippen LogP contribution in [0.15, 0.2) is 60.7 Å². The first kappa shape index (κ1) is 11.9. The fourth-order valence-corrected chi connectivity index (χ4v) is 2.07. The quantitative estimate of drug-likeness (QED) is 0.669. The van der Waals surface area contributed by atoms with E-state index in [2.05, 4.69) is 24.2 Å². The zero-order valence-corrected chi connectivity index (χ0v) is 11.3. The molecular weight excluding hydrogens is 253 g/mol. The number of hydrogen-bond donors (Lipinski definition) is 0. The summed E-state index contributed by atoms with van der Waals surface area (Å²) in [6.45, 7) is 0. The van der Waals surface area contributed by atoms with Gasteiger partial charge < -0.3 is 0 Å². The third-order valence-corrected chi connectivity index (χ3v) is 2.97. The summed E-state index contributed by atoms with van der Waals surface area (Å²) < 4.78 is 0. The van der Waals surface area contributed by atoms with Crippen molar-refractivity contribution in [2.45, 2.75) is 0 Å². The molecule has 0 bridgehead atoms. The first-order valence-electron chi connectivity index (χ1n) is 5.95. The predicted octanol–water partition coefficient (Wildman–Crippen LogP) is 2.71. The van der Waals surface area contributed by atoms with Crippen LogP contribution in [0.25, 0.3) is 22.8 Å². The molecule has 0 radical (unpaired) electrons. The van der Waals surface area contributed by atoms with Gasteiger partial charge in [-0.05, 0) is 0 Å². The van der Waals surface area contributed by atoms with Crippen LogP contribution in [0.3, 0.4) is 0 Å². The third kappa shape index (κ3) is 2.67. The van der Waals surface area contributed by atoms with Crippen molar-refractivity contribution in [3.63, 3.8) is 0 Å². The van der Waals surface area contributed by atoms with Gasteiger partial charge in [0.2, 0.25) is 0 Å². The monoisotopic (exact) mass is 265 g/mol. The van der Waals surface area contributed by atoms with Crippen LogP contribution in [0, 0.1) is 0 Å². The fourth-order valence-electron chi connectivity index (χ4n) is 1.82. The zero-order valence-electron chi connectivity index (χ0n) is 10.2. The highest BCUT2D eigenvalue weighted by molar-refractivity contribution is 7.26. The van der Waals surface area contributed by atoms with Gasteiger partial charge in [-0.15, -0.1) is 0 Å². The maximum Gasteiger partial charge on any atom is 0.164 e. The smallest absolute Gasteiger partial charge is 0.164 e. The van der Waals surface area contributed by atoms with Crippen molar-refractivity contribution in [2.24, 2.45) is 0 Å². The SMILES string of the molecule is Pc1nc(-c2ccccc2)nc(-c2ccccc2)n1. The summed E-state index contributed by atoms with van der Waals surface area (Å²) >= 11 is 0. The van der Waals surface area contributed by atoms with E-state index in [4.69, 9.17) is 0 Å². The van der Waals surface area contributed by atoms with Gasteiger partial charge in [0.15, 0.2) is 11.6 Å². The van der Waals surface area contributed by atoms with Gasteiger partial charge in [-0.1, -0.05) is 69.9 Å². The average Bonchev–Trinajstić information content (AvgIpc) is 2.48. The highest BCUT2D eigenvalue weighted by Crippen LogP contribution is 2.18. The van der Waals surface area contributed by atoms with E-state index in [0.29, 0.717) is 17.2 Å². The zero-order chi connectivity index (χ0) is 13.1. The van der Waals surface area contributed by atoms with E-state index < -0.39 is 0 Å². The van der Waals surface area contributed by atoms with Crippen LogP contribution in [0.4, 0.5) is 0 Å². The van der Waals surface area contributed by atoms with Crippen molar-refractivity contribution in [1.29, 1.82) is 0 Å². The van der Waals surface area contributed by atoms with Crippen molar-refractivity contribution in [3.8, 4) is 22.8 Å². The van der Waals surface area contributed by atoms with Crippen molar-refractivity contribution in [1.82, 2.24) is 15.0 Å². The minimum Gasteiger partial charge on any atom is -0.209 e. The lowest BCUT2D eigenvalue weighted by Crippen LogP contribution is -2.09. The highest BCUT2D eigenvalue weighted by atomic mass is 31.0. The maximum absolute atomic E-state index is 4.54. The Balaban J connectivity index is 2.12. The van der Waals surface area contributed by atoms with Crippen LogP contribution < -0.4 is 5.57 Å². The van der Waals surface area contributed by atoms with Gasteiger partial charge in [-0.25, -0.2) is 15.0 Å². The molecule has 4 heteroatoms. The van der Waals surface area contributed by atoms with Gasteiger partial charge in [0.05, 0.1) is 0 Å². The molecule has 0 saturated carbocycles. The van der Waals surface area contributed by atoms with Gasteiger partial charge in [0.1, 0.15) is 5.57 Å². The maximum atomic E-state index is 4.54. The lowest BCUT2D eigenvalue weighted by molar-refractivity contribution is 1.11. The number of nitrogens with zero attached hydrogens (tertiary/aromatic N) is 3. The summed E-state index contributed by atoms with van der Waals surface area (Å²) in [4.78, 5) is 13.3. The van der Waals surface area contributed by atoms with E-state index in [-0.39, 0.29) is 0 Å². The summed E-state index contributed by atoms with van der Waals surface area (Å²) in [5, 5.41) is 0. The second kappa shape index (κ2) is 5.25.